The second kappa shape index (κ2) is 6.59. The first-order valence-electron chi connectivity index (χ1n) is 6.19. The van der Waals surface area contributed by atoms with Crippen LogP contribution < -0.4 is 5.32 Å². The van der Waals surface area contributed by atoms with Crippen LogP contribution in [-0.2, 0) is 6.18 Å². The average Bonchev–Trinajstić information content (AvgIpc) is 2.27. The molecule has 0 fully saturated rings. The zero-order valence-electron chi connectivity index (χ0n) is 11.2. The lowest BCUT2D eigenvalue weighted by atomic mass is 10.0. The summed E-state index contributed by atoms with van der Waals surface area (Å²) in [7, 11) is 0. The third-order valence-corrected chi connectivity index (χ3v) is 3.15. The highest BCUT2D eigenvalue weighted by atomic mass is 79.9. The molecule has 0 spiro atoms. The molecule has 1 aromatic heterocycles. The molecule has 1 unspecified atom stereocenters. The summed E-state index contributed by atoms with van der Waals surface area (Å²) in [5, 5.41) is 2.85. The summed E-state index contributed by atoms with van der Waals surface area (Å²) >= 11 is 3.01. The molecule has 1 aromatic rings. The molecule has 0 bridgehead atoms. The highest BCUT2D eigenvalue weighted by Gasteiger charge is 2.34. The maximum atomic E-state index is 12.9. The predicted octanol–water partition coefficient (Wildman–Crippen LogP) is 5.10. The van der Waals surface area contributed by atoms with Crippen LogP contribution >= 0.6 is 15.9 Å². The third kappa shape index (κ3) is 5.38. The average molecular weight is 339 g/mol. The molecule has 6 heteroatoms. The van der Waals surface area contributed by atoms with Gasteiger partial charge in [-0.2, -0.15) is 13.2 Å². The van der Waals surface area contributed by atoms with Crippen molar-refractivity contribution < 1.29 is 13.2 Å². The van der Waals surface area contributed by atoms with Gasteiger partial charge in [0.15, 0.2) is 0 Å². The van der Waals surface area contributed by atoms with Gasteiger partial charge in [-0.15, -0.1) is 0 Å². The summed E-state index contributed by atoms with van der Waals surface area (Å²) in [5.74, 6) is 0.427. The molecule has 1 heterocycles. The van der Waals surface area contributed by atoms with Gasteiger partial charge in [0.2, 0.25) is 0 Å². The highest BCUT2D eigenvalue weighted by molar-refractivity contribution is 9.10. The van der Waals surface area contributed by atoms with Gasteiger partial charge in [-0.1, -0.05) is 13.8 Å². The van der Waals surface area contributed by atoms with Gasteiger partial charge in [-0.05, 0) is 47.7 Å². The monoisotopic (exact) mass is 338 g/mol. The molecule has 1 rings (SSSR count). The van der Waals surface area contributed by atoms with E-state index in [0.29, 0.717) is 10.4 Å². The minimum absolute atomic E-state index is 0.0443. The summed E-state index contributed by atoms with van der Waals surface area (Å²) in [4.78, 5) is 3.83. The Hall–Kier alpha value is -0.780. The van der Waals surface area contributed by atoms with Gasteiger partial charge in [-0.25, -0.2) is 4.98 Å². The van der Waals surface area contributed by atoms with Crippen LogP contribution in [0.2, 0.25) is 0 Å². The standard InChI is InChI=1S/C13H18BrF3N2/c1-8(2)4-5-9(3)19-12-11(13(15,16)17)6-10(14)7-18-12/h6-9H,4-5H2,1-3H3,(H,18,19). The van der Waals surface area contributed by atoms with E-state index in [1.54, 1.807) is 0 Å². The Labute approximate surface area is 119 Å². The van der Waals surface area contributed by atoms with Crippen molar-refractivity contribution in [2.45, 2.75) is 45.8 Å². The summed E-state index contributed by atoms with van der Waals surface area (Å²) in [6.07, 6.45) is -1.26. The van der Waals surface area contributed by atoms with Crippen molar-refractivity contribution in [2.75, 3.05) is 5.32 Å². The Morgan fingerprint density at radius 3 is 2.42 bits per heavy atom. The minimum atomic E-state index is -4.41. The Kier molecular flexibility index (Phi) is 5.64. The number of alkyl halides is 3. The quantitative estimate of drug-likeness (QED) is 0.807. The normalized spacial score (nSPS) is 13.7. The summed E-state index contributed by atoms with van der Waals surface area (Å²) in [6.45, 7) is 6.05. The zero-order chi connectivity index (χ0) is 14.6. The summed E-state index contributed by atoms with van der Waals surface area (Å²) < 4.78 is 39.0. The molecular formula is C13H18BrF3N2. The molecular weight excluding hydrogens is 321 g/mol. The van der Waals surface area contributed by atoms with Gasteiger partial charge in [-0.3, -0.25) is 0 Å². The van der Waals surface area contributed by atoms with Crippen molar-refractivity contribution in [1.29, 1.82) is 0 Å². The molecule has 0 aliphatic heterocycles. The molecule has 1 N–H and O–H groups in total. The van der Waals surface area contributed by atoms with Crippen LogP contribution in [0.3, 0.4) is 0 Å². The van der Waals surface area contributed by atoms with E-state index in [2.05, 4.69) is 40.1 Å². The fourth-order valence-electron chi connectivity index (χ4n) is 1.66. The number of rotatable bonds is 5. The van der Waals surface area contributed by atoms with Crippen molar-refractivity contribution in [2.24, 2.45) is 5.92 Å². The molecule has 0 saturated heterocycles. The maximum Gasteiger partial charge on any atom is 0.419 e. The first-order valence-corrected chi connectivity index (χ1v) is 6.98. The van der Waals surface area contributed by atoms with E-state index < -0.39 is 11.7 Å². The topological polar surface area (TPSA) is 24.9 Å². The molecule has 0 aromatic carbocycles. The molecule has 0 amide bonds. The van der Waals surface area contributed by atoms with Crippen LogP contribution in [0.15, 0.2) is 16.7 Å². The van der Waals surface area contributed by atoms with Gasteiger partial charge >= 0.3 is 6.18 Å². The summed E-state index contributed by atoms with van der Waals surface area (Å²) in [5.41, 5.74) is -0.738. The second-order valence-corrected chi connectivity index (χ2v) is 5.98. The van der Waals surface area contributed by atoms with E-state index in [4.69, 9.17) is 0 Å². The van der Waals surface area contributed by atoms with Crippen LogP contribution in [-0.4, -0.2) is 11.0 Å². The Morgan fingerprint density at radius 2 is 1.89 bits per heavy atom. The number of hydrogen-bond acceptors (Lipinski definition) is 2. The van der Waals surface area contributed by atoms with Crippen LogP contribution in [0.4, 0.5) is 19.0 Å². The molecule has 2 nitrogen and oxygen atoms in total. The van der Waals surface area contributed by atoms with Gasteiger partial charge in [0, 0.05) is 16.7 Å². The predicted molar refractivity (Wildman–Crippen MR) is 74.1 cm³/mol. The maximum absolute atomic E-state index is 12.9. The van der Waals surface area contributed by atoms with E-state index in [1.807, 2.05) is 6.92 Å². The Bertz CT molecular complexity index is 419. The molecule has 0 aliphatic rings. The number of pyridine rings is 1. The Balaban J connectivity index is 2.83. The van der Waals surface area contributed by atoms with Gasteiger partial charge < -0.3 is 5.32 Å². The smallest absolute Gasteiger partial charge is 0.367 e. The number of anilines is 1. The largest absolute Gasteiger partial charge is 0.419 e. The van der Waals surface area contributed by atoms with Crippen LogP contribution in [0, 0.1) is 5.92 Å². The number of nitrogens with zero attached hydrogens (tertiary/aromatic N) is 1. The van der Waals surface area contributed by atoms with E-state index in [0.717, 1.165) is 18.9 Å². The number of hydrogen-bond donors (Lipinski definition) is 1. The van der Waals surface area contributed by atoms with E-state index in [1.165, 1.54) is 6.20 Å². The second-order valence-electron chi connectivity index (χ2n) is 5.06. The van der Waals surface area contributed by atoms with Crippen LogP contribution in [0.5, 0.6) is 0 Å². The molecule has 1 atom stereocenters. The number of nitrogens with one attached hydrogen (secondary N) is 1. The number of aromatic nitrogens is 1. The number of halogens is 4. The molecule has 19 heavy (non-hydrogen) atoms. The molecule has 108 valence electrons. The minimum Gasteiger partial charge on any atom is -0.367 e. The van der Waals surface area contributed by atoms with Gasteiger partial charge in [0.25, 0.3) is 0 Å². The van der Waals surface area contributed by atoms with E-state index >= 15 is 0 Å². The van der Waals surface area contributed by atoms with Crippen LogP contribution in [0.1, 0.15) is 39.2 Å². The van der Waals surface area contributed by atoms with Gasteiger partial charge in [0.05, 0.1) is 5.56 Å². The molecule has 0 radical (unpaired) electrons. The highest BCUT2D eigenvalue weighted by Crippen LogP contribution is 2.35. The van der Waals surface area contributed by atoms with Crippen molar-refractivity contribution in [3.05, 3.63) is 22.3 Å². The lowest BCUT2D eigenvalue weighted by Gasteiger charge is -2.19. The molecule has 0 aliphatic carbocycles. The first-order chi connectivity index (χ1) is 8.70. The zero-order valence-corrected chi connectivity index (χ0v) is 12.8. The third-order valence-electron chi connectivity index (χ3n) is 2.72. The molecule has 0 saturated carbocycles. The van der Waals surface area contributed by atoms with E-state index in [-0.39, 0.29) is 11.9 Å². The van der Waals surface area contributed by atoms with Crippen LogP contribution in [0.25, 0.3) is 0 Å². The van der Waals surface area contributed by atoms with Crippen molar-refractivity contribution >= 4 is 21.7 Å². The van der Waals surface area contributed by atoms with Crippen molar-refractivity contribution in [1.82, 2.24) is 4.98 Å². The first kappa shape index (κ1) is 16.3. The van der Waals surface area contributed by atoms with E-state index in [9.17, 15) is 13.2 Å². The fourth-order valence-corrected chi connectivity index (χ4v) is 1.99. The Morgan fingerprint density at radius 1 is 1.26 bits per heavy atom. The van der Waals surface area contributed by atoms with Gasteiger partial charge in [0.1, 0.15) is 5.82 Å². The summed E-state index contributed by atoms with van der Waals surface area (Å²) in [6, 6.07) is 1.00. The van der Waals surface area contributed by atoms with Crippen molar-refractivity contribution in [3.63, 3.8) is 0 Å². The fraction of sp³-hybridized carbons (Fsp3) is 0.615. The lowest BCUT2D eigenvalue weighted by Crippen LogP contribution is -2.20. The van der Waals surface area contributed by atoms with Crippen molar-refractivity contribution in [3.8, 4) is 0 Å². The lowest BCUT2D eigenvalue weighted by molar-refractivity contribution is -0.137. The SMILES string of the molecule is CC(C)CCC(C)Nc1ncc(Br)cc1C(F)(F)F.